The van der Waals surface area contributed by atoms with Gasteiger partial charge in [0.15, 0.2) is 0 Å². The summed E-state index contributed by atoms with van der Waals surface area (Å²) in [6.45, 7) is 1.94. The molecule has 1 aliphatic rings. The van der Waals surface area contributed by atoms with E-state index >= 15 is 0 Å². The number of benzene rings is 3. The molecule has 4 heteroatoms. The van der Waals surface area contributed by atoms with Gasteiger partial charge in [-0.3, -0.25) is 4.79 Å². The van der Waals surface area contributed by atoms with E-state index in [0.29, 0.717) is 21.2 Å². The molecule has 0 radical (unpaired) electrons. The molecule has 0 saturated heterocycles. The number of rotatable bonds is 3. The summed E-state index contributed by atoms with van der Waals surface area (Å²) in [4.78, 5) is 13.4. The first-order chi connectivity index (χ1) is 13.5. The smallest absolute Gasteiger partial charge is 0.256 e. The van der Waals surface area contributed by atoms with Crippen molar-refractivity contribution in [2.45, 2.75) is 24.7 Å². The van der Waals surface area contributed by atoms with Crippen LogP contribution >= 0.6 is 24.2 Å². The number of hydrogen-bond acceptors (Lipinski definition) is 2. The number of hydrogen-bond donors (Lipinski definition) is 2. The van der Waals surface area contributed by atoms with Gasteiger partial charge < -0.3 is 5.32 Å². The topological polar surface area (TPSA) is 29.1 Å². The van der Waals surface area contributed by atoms with Gasteiger partial charge in [-0.15, -0.1) is 12.6 Å². The number of carbonyl (C=O) groups is 1. The zero-order valence-electron chi connectivity index (χ0n) is 15.5. The van der Waals surface area contributed by atoms with Crippen LogP contribution in [-0.2, 0) is 6.42 Å². The lowest BCUT2D eigenvalue weighted by Gasteiger charge is -2.19. The number of anilines is 1. The van der Waals surface area contributed by atoms with E-state index in [1.54, 1.807) is 6.07 Å². The lowest BCUT2D eigenvalue weighted by molar-refractivity contribution is 0.102. The van der Waals surface area contributed by atoms with Crippen LogP contribution in [0, 0.1) is 6.92 Å². The van der Waals surface area contributed by atoms with Crippen LogP contribution in [0.25, 0.3) is 5.57 Å². The molecule has 1 aliphatic carbocycles. The Balaban J connectivity index is 1.68. The Morgan fingerprint density at radius 3 is 2.71 bits per heavy atom. The molecule has 140 valence electrons. The molecule has 0 aliphatic heterocycles. The van der Waals surface area contributed by atoms with Gasteiger partial charge in [-0.05, 0) is 66.3 Å². The first-order valence-electron chi connectivity index (χ1n) is 9.23. The fourth-order valence-corrected chi connectivity index (χ4v) is 4.06. The Labute approximate surface area is 175 Å². The first kappa shape index (κ1) is 18.9. The van der Waals surface area contributed by atoms with Crippen LogP contribution in [0.5, 0.6) is 0 Å². The van der Waals surface area contributed by atoms with Crippen molar-refractivity contribution in [3.63, 3.8) is 0 Å². The van der Waals surface area contributed by atoms with Gasteiger partial charge in [0, 0.05) is 21.2 Å². The van der Waals surface area contributed by atoms with Gasteiger partial charge in [0.05, 0.1) is 5.56 Å². The maximum absolute atomic E-state index is 12.8. The van der Waals surface area contributed by atoms with Crippen molar-refractivity contribution in [2.75, 3.05) is 5.32 Å². The van der Waals surface area contributed by atoms with Gasteiger partial charge in [0.1, 0.15) is 0 Å². The Morgan fingerprint density at radius 1 is 1.04 bits per heavy atom. The first-order valence-corrected chi connectivity index (χ1v) is 10.1. The van der Waals surface area contributed by atoms with E-state index in [4.69, 9.17) is 11.6 Å². The predicted octanol–water partition coefficient (Wildman–Crippen LogP) is 6.57. The number of aryl methyl sites for hydroxylation is 2. The predicted molar refractivity (Wildman–Crippen MR) is 120 cm³/mol. The number of amides is 1. The Bertz CT molecular complexity index is 1100. The molecule has 3 aromatic rings. The van der Waals surface area contributed by atoms with Gasteiger partial charge in [-0.25, -0.2) is 0 Å². The highest BCUT2D eigenvalue weighted by Gasteiger charge is 2.17. The molecule has 0 spiro atoms. The van der Waals surface area contributed by atoms with Gasteiger partial charge >= 0.3 is 0 Å². The molecule has 4 rings (SSSR count). The highest BCUT2D eigenvalue weighted by atomic mass is 35.5. The van der Waals surface area contributed by atoms with E-state index in [1.165, 1.54) is 11.1 Å². The van der Waals surface area contributed by atoms with Crippen molar-refractivity contribution in [1.29, 1.82) is 0 Å². The number of fused-ring (bicyclic) bond motifs is 1. The molecule has 0 unspecified atom stereocenters. The summed E-state index contributed by atoms with van der Waals surface area (Å²) in [6.07, 6.45) is 4.24. The maximum atomic E-state index is 12.8. The number of nitrogens with one attached hydrogen (secondary N) is 1. The highest BCUT2D eigenvalue weighted by molar-refractivity contribution is 7.80. The van der Waals surface area contributed by atoms with Crippen molar-refractivity contribution >= 4 is 41.4 Å². The van der Waals surface area contributed by atoms with E-state index in [2.05, 4.69) is 42.2 Å². The minimum absolute atomic E-state index is 0.181. The van der Waals surface area contributed by atoms with E-state index in [-0.39, 0.29) is 5.91 Å². The summed E-state index contributed by atoms with van der Waals surface area (Å²) >= 11 is 11.0. The maximum Gasteiger partial charge on any atom is 0.256 e. The lowest BCUT2D eigenvalue weighted by Crippen LogP contribution is -2.13. The van der Waals surface area contributed by atoms with Crippen molar-refractivity contribution in [1.82, 2.24) is 0 Å². The van der Waals surface area contributed by atoms with Gasteiger partial charge in [-0.1, -0.05) is 54.1 Å². The second-order valence-corrected chi connectivity index (χ2v) is 7.79. The number of halogens is 1. The van der Waals surface area contributed by atoms with E-state index in [1.807, 2.05) is 43.3 Å². The van der Waals surface area contributed by atoms with Crippen LogP contribution in [0.15, 0.2) is 71.6 Å². The molecular formula is C24H20ClNOS. The third-order valence-corrected chi connectivity index (χ3v) is 5.99. The lowest BCUT2D eigenvalue weighted by atomic mass is 9.87. The minimum Gasteiger partial charge on any atom is -0.322 e. The third kappa shape index (κ3) is 3.60. The van der Waals surface area contributed by atoms with Crippen molar-refractivity contribution in [2.24, 2.45) is 0 Å². The zero-order chi connectivity index (χ0) is 19.7. The Morgan fingerprint density at radius 2 is 1.86 bits per heavy atom. The summed E-state index contributed by atoms with van der Waals surface area (Å²) in [5.41, 5.74) is 6.82. The normalized spacial score (nSPS) is 12.9. The van der Waals surface area contributed by atoms with Crippen LogP contribution in [0.3, 0.4) is 0 Å². The van der Waals surface area contributed by atoms with Gasteiger partial charge in [0.25, 0.3) is 5.91 Å². The second kappa shape index (κ2) is 7.86. The molecule has 1 amide bonds. The monoisotopic (exact) mass is 405 g/mol. The molecule has 1 N–H and O–H groups in total. The standard InChI is InChI=1S/C24H20ClNOS/c1-15-6-4-11-20(23(15)28)24(27)26-17-12-13-22(25)21(14-17)19-10-5-8-16-7-2-3-9-18(16)19/h2-4,6-7,9-14,28H,5,8H2,1H3,(H,26,27). The molecule has 28 heavy (non-hydrogen) atoms. The molecular weight excluding hydrogens is 386 g/mol. The van der Waals surface area contributed by atoms with Gasteiger partial charge in [-0.2, -0.15) is 0 Å². The summed E-state index contributed by atoms with van der Waals surface area (Å²) in [5.74, 6) is -0.181. The Hall–Kier alpha value is -2.49. The Kier molecular flexibility index (Phi) is 5.29. The second-order valence-electron chi connectivity index (χ2n) is 6.93. The number of carbonyl (C=O) groups excluding carboxylic acids is 1. The average Bonchev–Trinajstić information content (AvgIpc) is 2.71. The van der Waals surface area contributed by atoms with E-state index < -0.39 is 0 Å². The quantitative estimate of drug-likeness (QED) is 0.474. The molecule has 0 bridgehead atoms. The minimum atomic E-state index is -0.181. The molecule has 0 aromatic heterocycles. The van der Waals surface area contributed by atoms with E-state index in [0.717, 1.165) is 29.5 Å². The number of allylic oxidation sites excluding steroid dienone is 1. The summed E-state index contributed by atoms with van der Waals surface area (Å²) in [7, 11) is 0. The fraction of sp³-hybridized carbons (Fsp3) is 0.125. The molecule has 0 heterocycles. The van der Waals surface area contributed by atoms with Crippen LogP contribution in [-0.4, -0.2) is 5.91 Å². The van der Waals surface area contributed by atoms with Crippen molar-refractivity contribution in [3.05, 3.63) is 99.6 Å². The summed E-state index contributed by atoms with van der Waals surface area (Å²) in [6, 6.07) is 19.6. The van der Waals surface area contributed by atoms with Crippen molar-refractivity contribution in [3.8, 4) is 0 Å². The van der Waals surface area contributed by atoms with Crippen LogP contribution < -0.4 is 5.32 Å². The van der Waals surface area contributed by atoms with Crippen LogP contribution in [0.1, 0.15) is 39.0 Å². The SMILES string of the molecule is Cc1cccc(C(=O)Nc2ccc(Cl)c(C3=CCCc4ccccc43)c2)c1S. The molecule has 0 saturated carbocycles. The van der Waals surface area contributed by atoms with Crippen molar-refractivity contribution < 1.29 is 4.79 Å². The summed E-state index contributed by atoms with van der Waals surface area (Å²) < 4.78 is 0. The van der Waals surface area contributed by atoms with Gasteiger partial charge in [0.2, 0.25) is 0 Å². The summed E-state index contributed by atoms with van der Waals surface area (Å²) in [5, 5.41) is 3.66. The molecule has 2 nitrogen and oxygen atoms in total. The fourth-order valence-electron chi connectivity index (χ4n) is 3.59. The molecule has 0 fully saturated rings. The van der Waals surface area contributed by atoms with E-state index in [9.17, 15) is 4.79 Å². The molecule has 0 atom stereocenters. The number of thiol groups is 1. The largest absolute Gasteiger partial charge is 0.322 e. The molecule has 3 aromatic carbocycles. The van der Waals surface area contributed by atoms with Crippen LogP contribution in [0.2, 0.25) is 5.02 Å². The van der Waals surface area contributed by atoms with Crippen LogP contribution in [0.4, 0.5) is 5.69 Å². The highest BCUT2D eigenvalue weighted by Crippen LogP contribution is 2.36. The third-order valence-electron chi connectivity index (χ3n) is 5.07. The zero-order valence-corrected chi connectivity index (χ0v) is 17.1. The average molecular weight is 406 g/mol.